The number of aryl methyl sites for hydroxylation is 1. The molecule has 2 aromatic rings. The number of aromatic nitrogens is 1. The van der Waals surface area contributed by atoms with E-state index in [4.69, 9.17) is 0 Å². The fourth-order valence-corrected chi connectivity index (χ4v) is 2.70. The summed E-state index contributed by atoms with van der Waals surface area (Å²) in [5.41, 5.74) is 1.05. The highest BCUT2D eigenvalue weighted by molar-refractivity contribution is 6.10. The molecule has 25 heavy (non-hydrogen) atoms. The second-order valence-corrected chi connectivity index (χ2v) is 6.10. The van der Waals surface area contributed by atoms with Crippen molar-refractivity contribution >= 4 is 23.5 Å². The van der Waals surface area contributed by atoms with Crippen molar-refractivity contribution in [3.63, 3.8) is 0 Å². The fourth-order valence-electron chi connectivity index (χ4n) is 2.70. The van der Waals surface area contributed by atoms with E-state index in [-0.39, 0.29) is 6.54 Å². The minimum Gasteiger partial charge on any atom is -0.323 e. The average Bonchev–Trinajstić information content (AvgIpc) is 2.80. The van der Waals surface area contributed by atoms with E-state index < -0.39 is 23.4 Å². The molecule has 2 N–H and O–H groups in total. The van der Waals surface area contributed by atoms with Crippen molar-refractivity contribution in [3.8, 4) is 0 Å². The summed E-state index contributed by atoms with van der Waals surface area (Å²) in [7, 11) is 0. The zero-order valence-electron chi connectivity index (χ0n) is 13.9. The Kier molecular flexibility index (Phi) is 4.22. The Morgan fingerprint density at radius 1 is 1.24 bits per heavy atom. The SMILES string of the molecule is Cc1ccc(C2(C)NC(=O)N(CC(=O)Nc3cccnc3)C2=O)cc1. The summed E-state index contributed by atoms with van der Waals surface area (Å²) in [4.78, 5) is 41.9. The number of hydrogen-bond acceptors (Lipinski definition) is 4. The molecule has 4 amide bonds. The monoisotopic (exact) mass is 338 g/mol. The summed E-state index contributed by atoms with van der Waals surface area (Å²) in [6.45, 7) is 3.22. The number of nitrogens with zero attached hydrogens (tertiary/aromatic N) is 2. The van der Waals surface area contributed by atoms with E-state index in [2.05, 4.69) is 15.6 Å². The van der Waals surface area contributed by atoms with E-state index in [9.17, 15) is 14.4 Å². The van der Waals surface area contributed by atoms with Crippen LogP contribution in [0.15, 0.2) is 48.8 Å². The van der Waals surface area contributed by atoms with Gasteiger partial charge in [-0.05, 0) is 31.5 Å². The van der Waals surface area contributed by atoms with Crippen molar-refractivity contribution in [2.24, 2.45) is 0 Å². The predicted octanol–water partition coefficient (Wildman–Crippen LogP) is 1.80. The van der Waals surface area contributed by atoms with Gasteiger partial charge < -0.3 is 10.6 Å². The smallest absolute Gasteiger partial charge is 0.323 e. The molecule has 0 spiro atoms. The van der Waals surface area contributed by atoms with Crippen LogP contribution in [0.3, 0.4) is 0 Å². The van der Waals surface area contributed by atoms with Crippen LogP contribution in [0.2, 0.25) is 0 Å². The number of carbonyl (C=O) groups excluding carboxylic acids is 3. The topological polar surface area (TPSA) is 91.4 Å². The molecule has 128 valence electrons. The number of imide groups is 1. The minimum absolute atomic E-state index is 0.360. The molecule has 1 aliphatic rings. The molecule has 0 aliphatic carbocycles. The average molecular weight is 338 g/mol. The van der Waals surface area contributed by atoms with Gasteiger partial charge in [-0.3, -0.25) is 19.5 Å². The number of benzene rings is 1. The predicted molar refractivity (Wildman–Crippen MR) is 91.6 cm³/mol. The van der Waals surface area contributed by atoms with Crippen LogP contribution in [0.4, 0.5) is 10.5 Å². The second kappa shape index (κ2) is 6.35. The summed E-state index contributed by atoms with van der Waals surface area (Å²) in [6.07, 6.45) is 3.07. The molecule has 1 atom stereocenters. The lowest BCUT2D eigenvalue weighted by atomic mass is 9.91. The number of urea groups is 1. The Morgan fingerprint density at radius 2 is 1.96 bits per heavy atom. The first-order chi connectivity index (χ1) is 11.9. The molecule has 7 nitrogen and oxygen atoms in total. The van der Waals surface area contributed by atoms with Crippen LogP contribution in [-0.4, -0.2) is 34.3 Å². The van der Waals surface area contributed by atoms with Crippen LogP contribution in [0.25, 0.3) is 0 Å². The summed E-state index contributed by atoms with van der Waals surface area (Å²) >= 11 is 0. The number of pyridine rings is 1. The highest BCUT2D eigenvalue weighted by Gasteiger charge is 2.49. The molecule has 1 unspecified atom stereocenters. The maximum atomic E-state index is 12.8. The van der Waals surface area contributed by atoms with Gasteiger partial charge in [0.2, 0.25) is 5.91 Å². The molecular weight excluding hydrogens is 320 g/mol. The van der Waals surface area contributed by atoms with Gasteiger partial charge in [-0.1, -0.05) is 29.8 Å². The second-order valence-electron chi connectivity index (χ2n) is 6.10. The molecule has 0 radical (unpaired) electrons. The summed E-state index contributed by atoms with van der Waals surface area (Å²) < 4.78 is 0. The number of rotatable bonds is 4. The van der Waals surface area contributed by atoms with Gasteiger partial charge in [0.15, 0.2) is 0 Å². The quantitative estimate of drug-likeness (QED) is 0.832. The maximum Gasteiger partial charge on any atom is 0.325 e. The van der Waals surface area contributed by atoms with Crippen LogP contribution < -0.4 is 10.6 Å². The number of nitrogens with one attached hydrogen (secondary N) is 2. The third-order valence-electron chi connectivity index (χ3n) is 4.15. The van der Waals surface area contributed by atoms with E-state index in [0.29, 0.717) is 11.3 Å². The lowest BCUT2D eigenvalue weighted by molar-refractivity contribution is -0.133. The molecule has 1 saturated heterocycles. The number of amides is 4. The van der Waals surface area contributed by atoms with Gasteiger partial charge >= 0.3 is 6.03 Å². The van der Waals surface area contributed by atoms with Crippen molar-refractivity contribution in [2.45, 2.75) is 19.4 Å². The molecule has 3 rings (SSSR count). The van der Waals surface area contributed by atoms with Gasteiger partial charge in [0.05, 0.1) is 11.9 Å². The van der Waals surface area contributed by atoms with Gasteiger partial charge in [-0.15, -0.1) is 0 Å². The van der Waals surface area contributed by atoms with Gasteiger partial charge in [0.1, 0.15) is 12.1 Å². The Balaban J connectivity index is 1.75. The van der Waals surface area contributed by atoms with E-state index >= 15 is 0 Å². The van der Waals surface area contributed by atoms with Gasteiger partial charge in [-0.2, -0.15) is 0 Å². The van der Waals surface area contributed by atoms with E-state index in [1.54, 1.807) is 37.4 Å². The first kappa shape index (κ1) is 16.6. The number of anilines is 1. The minimum atomic E-state index is -1.18. The first-order valence-electron chi connectivity index (χ1n) is 7.81. The zero-order valence-corrected chi connectivity index (χ0v) is 13.9. The molecular formula is C18H18N4O3. The summed E-state index contributed by atoms with van der Waals surface area (Å²) in [6, 6.07) is 10.1. The largest absolute Gasteiger partial charge is 0.325 e. The highest BCUT2D eigenvalue weighted by Crippen LogP contribution is 2.28. The Bertz CT molecular complexity index is 820. The molecule has 1 aliphatic heterocycles. The van der Waals surface area contributed by atoms with Crippen molar-refractivity contribution in [1.82, 2.24) is 15.2 Å². The van der Waals surface area contributed by atoms with Gasteiger partial charge in [-0.25, -0.2) is 4.79 Å². The summed E-state index contributed by atoms with van der Waals surface area (Å²) in [5, 5.41) is 5.29. The molecule has 1 fully saturated rings. The first-order valence-corrected chi connectivity index (χ1v) is 7.81. The van der Waals surface area contributed by atoms with Gasteiger partial charge in [0, 0.05) is 6.20 Å². The molecule has 7 heteroatoms. The molecule has 1 aromatic heterocycles. The highest BCUT2D eigenvalue weighted by atomic mass is 16.2. The summed E-state index contributed by atoms with van der Waals surface area (Å²) in [5.74, 6) is -0.924. The molecule has 0 bridgehead atoms. The number of carbonyl (C=O) groups is 3. The Hall–Kier alpha value is -3.22. The van der Waals surface area contributed by atoms with Crippen LogP contribution in [0.5, 0.6) is 0 Å². The number of hydrogen-bond donors (Lipinski definition) is 2. The molecule has 1 aromatic carbocycles. The van der Waals surface area contributed by atoms with E-state index in [1.165, 1.54) is 6.20 Å². The lowest BCUT2D eigenvalue weighted by Crippen LogP contribution is -2.42. The van der Waals surface area contributed by atoms with E-state index in [1.807, 2.05) is 19.1 Å². The van der Waals surface area contributed by atoms with E-state index in [0.717, 1.165) is 10.5 Å². The van der Waals surface area contributed by atoms with Crippen LogP contribution in [0.1, 0.15) is 18.1 Å². The third kappa shape index (κ3) is 3.21. The van der Waals surface area contributed by atoms with Crippen molar-refractivity contribution in [2.75, 3.05) is 11.9 Å². The van der Waals surface area contributed by atoms with Crippen molar-refractivity contribution in [3.05, 3.63) is 59.9 Å². The zero-order chi connectivity index (χ0) is 18.0. The molecule has 0 saturated carbocycles. The lowest BCUT2D eigenvalue weighted by Gasteiger charge is -2.22. The van der Waals surface area contributed by atoms with Crippen molar-refractivity contribution < 1.29 is 14.4 Å². The van der Waals surface area contributed by atoms with Crippen LogP contribution in [0, 0.1) is 6.92 Å². The van der Waals surface area contributed by atoms with Crippen molar-refractivity contribution in [1.29, 1.82) is 0 Å². The maximum absolute atomic E-state index is 12.8. The van der Waals surface area contributed by atoms with Crippen LogP contribution >= 0.6 is 0 Å². The van der Waals surface area contributed by atoms with Gasteiger partial charge in [0.25, 0.3) is 5.91 Å². The fraction of sp³-hybridized carbons (Fsp3) is 0.222. The molecule has 2 heterocycles. The normalized spacial score (nSPS) is 19.7. The van der Waals surface area contributed by atoms with Crippen LogP contribution in [-0.2, 0) is 15.1 Å². The Morgan fingerprint density at radius 3 is 2.60 bits per heavy atom. The third-order valence-corrected chi connectivity index (χ3v) is 4.15. The standard InChI is InChI=1S/C18H18N4O3/c1-12-5-7-13(8-6-12)18(2)16(24)22(17(25)21-18)11-15(23)20-14-4-3-9-19-10-14/h3-10H,11H2,1-2H3,(H,20,23)(H,21,25). The Labute approximate surface area is 145 Å².